The Balaban J connectivity index is 2.09. The van der Waals surface area contributed by atoms with Gasteiger partial charge in [0.2, 0.25) is 0 Å². The highest BCUT2D eigenvalue weighted by Crippen LogP contribution is 2.39. The summed E-state index contributed by atoms with van der Waals surface area (Å²) in [5.41, 5.74) is 5.00. The van der Waals surface area contributed by atoms with E-state index in [0.717, 1.165) is 34.4 Å². The van der Waals surface area contributed by atoms with Crippen LogP contribution in [0.5, 0.6) is 5.75 Å². The van der Waals surface area contributed by atoms with Gasteiger partial charge < -0.3 is 9.84 Å². The van der Waals surface area contributed by atoms with E-state index in [1.54, 1.807) is 6.07 Å². The molecule has 0 aromatic heterocycles. The highest BCUT2D eigenvalue weighted by Gasteiger charge is 2.24. The van der Waals surface area contributed by atoms with E-state index in [1.165, 1.54) is 5.56 Å². The maximum absolute atomic E-state index is 10.7. The molecule has 0 radical (unpaired) electrons. The van der Waals surface area contributed by atoms with Gasteiger partial charge in [-0.05, 0) is 42.7 Å². The molecule has 0 saturated carbocycles. The maximum atomic E-state index is 10.7. The molecular weight excluding hydrogens is 272 g/mol. The molecule has 2 nitrogen and oxygen atoms in total. The van der Waals surface area contributed by atoms with E-state index < -0.39 is 6.10 Å². The maximum Gasteiger partial charge on any atom is 0.128 e. The lowest BCUT2D eigenvalue weighted by atomic mass is 9.94. The third-order valence-electron chi connectivity index (χ3n) is 3.79. The second-order valence-corrected chi connectivity index (χ2v) is 5.78. The number of aliphatic hydroxyl groups is 1. The van der Waals surface area contributed by atoms with Crippen LogP contribution >= 0.6 is 11.6 Å². The minimum absolute atomic E-state index is 0.646. The smallest absolute Gasteiger partial charge is 0.128 e. The number of benzene rings is 2. The summed E-state index contributed by atoms with van der Waals surface area (Å²) in [6, 6.07) is 9.77. The van der Waals surface area contributed by atoms with Crippen molar-refractivity contribution >= 4 is 11.6 Å². The zero-order chi connectivity index (χ0) is 14.3. The van der Waals surface area contributed by atoms with Crippen molar-refractivity contribution in [2.75, 3.05) is 6.61 Å². The van der Waals surface area contributed by atoms with E-state index in [9.17, 15) is 5.11 Å². The summed E-state index contributed by atoms with van der Waals surface area (Å²) < 4.78 is 5.67. The molecule has 3 rings (SSSR count). The molecule has 20 heavy (non-hydrogen) atoms. The largest absolute Gasteiger partial charge is 0.493 e. The Bertz CT molecular complexity index is 664. The average Bonchev–Trinajstić information content (AvgIpc) is 2.85. The van der Waals surface area contributed by atoms with Crippen molar-refractivity contribution in [1.29, 1.82) is 0 Å². The van der Waals surface area contributed by atoms with Gasteiger partial charge in [0.1, 0.15) is 11.9 Å². The number of hydrogen-bond acceptors (Lipinski definition) is 2. The summed E-state index contributed by atoms with van der Waals surface area (Å²) >= 11 is 6.16. The Morgan fingerprint density at radius 3 is 2.70 bits per heavy atom. The number of aryl methyl sites for hydroxylation is 2. The molecule has 1 atom stereocenters. The molecule has 1 aliphatic heterocycles. The fraction of sp³-hybridized carbons (Fsp3) is 0.294. The predicted molar refractivity (Wildman–Crippen MR) is 80.6 cm³/mol. The Morgan fingerprint density at radius 2 is 1.95 bits per heavy atom. The first-order chi connectivity index (χ1) is 9.56. The molecule has 3 heteroatoms. The number of hydrogen-bond donors (Lipinski definition) is 1. The molecule has 0 amide bonds. The molecule has 1 N–H and O–H groups in total. The van der Waals surface area contributed by atoms with Gasteiger partial charge in [-0.15, -0.1) is 0 Å². The van der Waals surface area contributed by atoms with Crippen molar-refractivity contribution in [3.05, 3.63) is 63.2 Å². The highest BCUT2D eigenvalue weighted by molar-refractivity contribution is 6.30. The van der Waals surface area contributed by atoms with E-state index in [0.29, 0.717) is 11.6 Å². The highest BCUT2D eigenvalue weighted by atomic mass is 35.5. The second-order valence-electron chi connectivity index (χ2n) is 5.34. The Kier molecular flexibility index (Phi) is 3.45. The van der Waals surface area contributed by atoms with Gasteiger partial charge in [0.15, 0.2) is 0 Å². The van der Waals surface area contributed by atoms with E-state index in [4.69, 9.17) is 16.3 Å². The average molecular weight is 289 g/mol. The number of aliphatic hydroxyl groups excluding tert-OH is 1. The molecule has 0 saturated heterocycles. The summed E-state index contributed by atoms with van der Waals surface area (Å²) in [7, 11) is 0. The first-order valence-electron chi connectivity index (χ1n) is 6.76. The summed E-state index contributed by atoms with van der Waals surface area (Å²) in [5, 5.41) is 11.4. The van der Waals surface area contributed by atoms with Gasteiger partial charge >= 0.3 is 0 Å². The van der Waals surface area contributed by atoms with E-state index in [-0.39, 0.29) is 0 Å². The molecule has 2 aromatic rings. The van der Waals surface area contributed by atoms with Gasteiger partial charge in [-0.2, -0.15) is 0 Å². The van der Waals surface area contributed by atoms with Crippen LogP contribution in [0.1, 0.15) is 33.9 Å². The van der Waals surface area contributed by atoms with Gasteiger partial charge in [0.05, 0.1) is 6.61 Å². The first kappa shape index (κ1) is 13.5. The molecule has 0 aliphatic carbocycles. The van der Waals surface area contributed by atoms with Crippen LogP contribution in [0.2, 0.25) is 5.02 Å². The van der Waals surface area contributed by atoms with Gasteiger partial charge in [-0.3, -0.25) is 0 Å². The minimum atomic E-state index is -0.707. The summed E-state index contributed by atoms with van der Waals surface area (Å²) in [5.74, 6) is 0.793. The first-order valence-corrected chi connectivity index (χ1v) is 7.14. The molecule has 104 valence electrons. The molecule has 2 aromatic carbocycles. The van der Waals surface area contributed by atoms with Gasteiger partial charge in [-0.25, -0.2) is 0 Å². The zero-order valence-electron chi connectivity index (χ0n) is 11.6. The SMILES string of the molecule is Cc1ccc(C(O)c2cc(Cl)cc3c2OCC3)c(C)c1. The van der Waals surface area contributed by atoms with Crippen LogP contribution in [0.25, 0.3) is 0 Å². The minimum Gasteiger partial charge on any atom is -0.493 e. The lowest BCUT2D eigenvalue weighted by Gasteiger charge is -2.18. The quantitative estimate of drug-likeness (QED) is 0.906. The molecule has 1 aliphatic rings. The van der Waals surface area contributed by atoms with Crippen molar-refractivity contribution in [3.63, 3.8) is 0 Å². The number of halogens is 1. The Morgan fingerprint density at radius 1 is 1.15 bits per heavy atom. The fourth-order valence-corrected chi connectivity index (χ4v) is 3.05. The monoisotopic (exact) mass is 288 g/mol. The third kappa shape index (κ3) is 2.30. The van der Waals surface area contributed by atoms with E-state index in [1.807, 2.05) is 32.0 Å². The number of ether oxygens (including phenoxy) is 1. The van der Waals surface area contributed by atoms with E-state index in [2.05, 4.69) is 6.07 Å². The van der Waals surface area contributed by atoms with Crippen molar-refractivity contribution in [2.45, 2.75) is 26.4 Å². The molecule has 1 unspecified atom stereocenters. The lowest BCUT2D eigenvalue weighted by molar-refractivity contribution is 0.213. The van der Waals surface area contributed by atoms with Crippen LogP contribution < -0.4 is 4.74 Å². The summed E-state index contributed by atoms with van der Waals surface area (Å²) in [4.78, 5) is 0. The van der Waals surface area contributed by atoms with E-state index >= 15 is 0 Å². The standard InChI is InChI=1S/C17H17ClO2/c1-10-3-4-14(11(2)7-10)16(19)15-9-13(18)8-12-5-6-20-17(12)15/h3-4,7-9,16,19H,5-6H2,1-2H3. The molecule has 1 heterocycles. The molecule has 0 bridgehead atoms. The second kappa shape index (κ2) is 5.12. The van der Waals surface area contributed by atoms with Crippen LogP contribution in [0, 0.1) is 13.8 Å². The molecular formula is C17H17ClO2. The number of fused-ring (bicyclic) bond motifs is 1. The van der Waals surface area contributed by atoms with Crippen molar-refractivity contribution in [3.8, 4) is 5.75 Å². The lowest BCUT2D eigenvalue weighted by Crippen LogP contribution is -2.04. The topological polar surface area (TPSA) is 29.5 Å². The van der Waals surface area contributed by atoms with Gasteiger partial charge in [0, 0.05) is 17.0 Å². The third-order valence-corrected chi connectivity index (χ3v) is 4.01. The van der Waals surface area contributed by atoms with Crippen LogP contribution in [0.3, 0.4) is 0 Å². The van der Waals surface area contributed by atoms with Crippen LogP contribution in [-0.2, 0) is 6.42 Å². The molecule has 0 fully saturated rings. The summed E-state index contributed by atoms with van der Waals surface area (Å²) in [6.07, 6.45) is 0.142. The zero-order valence-corrected chi connectivity index (χ0v) is 12.4. The normalized spacial score (nSPS) is 14.8. The van der Waals surface area contributed by atoms with Crippen LogP contribution in [-0.4, -0.2) is 11.7 Å². The van der Waals surface area contributed by atoms with Crippen LogP contribution in [0.15, 0.2) is 30.3 Å². The van der Waals surface area contributed by atoms with Crippen molar-refractivity contribution in [2.24, 2.45) is 0 Å². The van der Waals surface area contributed by atoms with Crippen LogP contribution in [0.4, 0.5) is 0 Å². The van der Waals surface area contributed by atoms with Gasteiger partial charge in [0.25, 0.3) is 0 Å². The van der Waals surface area contributed by atoms with Crippen molar-refractivity contribution in [1.82, 2.24) is 0 Å². The predicted octanol–water partition coefficient (Wildman–Crippen LogP) is 3.97. The number of rotatable bonds is 2. The Labute approximate surface area is 124 Å². The van der Waals surface area contributed by atoms with Gasteiger partial charge in [-0.1, -0.05) is 35.4 Å². The molecule has 0 spiro atoms. The Hall–Kier alpha value is -1.51. The summed E-state index contributed by atoms with van der Waals surface area (Å²) in [6.45, 7) is 4.71. The fourth-order valence-electron chi connectivity index (χ4n) is 2.80. The van der Waals surface area contributed by atoms with Crippen molar-refractivity contribution < 1.29 is 9.84 Å².